The molecule has 1 fully saturated rings. The molecule has 1 aromatic rings. The Kier molecular flexibility index (Phi) is 5.09. The number of nitrogens with zero attached hydrogens (tertiary/aromatic N) is 1. The molecule has 1 heterocycles. The standard InChI is InChI=1S/C14H19ClN2O3/c1-19-14(18)9-17-6-4-11(5-7-17)20-13-3-2-10(16)8-12(13)15/h2-3,8,11H,4-7,9,16H2,1H3. The lowest BCUT2D eigenvalue weighted by atomic mass is 10.1. The molecular formula is C14H19ClN2O3. The van der Waals surface area contributed by atoms with Gasteiger partial charge in [-0.2, -0.15) is 0 Å². The van der Waals surface area contributed by atoms with Gasteiger partial charge in [0, 0.05) is 18.8 Å². The molecule has 0 radical (unpaired) electrons. The summed E-state index contributed by atoms with van der Waals surface area (Å²) in [5, 5.41) is 0.530. The van der Waals surface area contributed by atoms with E-state index in [0.717, 1.165) is 25.9 Å². The number of anilines is 1. The number of esters is 1. The summed E-state index contributed by atoms with van der Waals surface area (Å²) >= 11 is 6.09. The van der Waals surface area contributed by atoms with E-state index in [4.69, 9.17) is 22.1 Å². The molecule has 1 saturated heterocycles. The van der Waals surface area contributed by atoms with Crippen molar-refractivity contribution in [1.29, 1.82) is 0 Å². The largest absolute Gasteiger partial charge is 0.489 e. The van der Waals surface area contributed by atoms with Gasteiger partial charge < -0.3 is 15.2 Å². The monoisotopic (exact) mass is 298 g/mol. The predicted molar refractivity (Wildman–Crippen MR) is 78.0 cm³/mol. The fourth-order valence-corrected chi connectivity index (χ4v) is 2.46. The van der Waals surface area contributed by atoms with E-state index < -0.39 is 0 Å². The van der Waals surface area contributed by atoms with Gasteiger partial charge in [-0.05, 0) is 31.0 Å². The van der Waals surface area contributed by atoms with E-state index in [2.05, 4.69) is 9.64 Å². The fourth-order valence-electron chi connectivity index (χ4n) is 2.22. The molecule has 0 spiro atoms. The summed E-state index contributed by atoms with van der Waals surface area (Å²) in [6, 6.07) is 5.25. The third kappa shape index (κ3) is 4.02. The maximum atomic E-state index is 11.2. The number of hydrogen-bond acceptors (Lipinski definition) is 5. The number of rotatable bonds is 4. The van der Waals surface area contributed by atoms with E-state index in [0.29, 0.717) is 23.0 Å². The molecule has 0 atom stereocenters. The van der Waals surface area contributed by atoms with Crippen LogP contribution < -0.4 is 10.5 Å². The second kappa shape index (κ2) is 6.81. The van der Waals surface area contributed by atoms with Crippen molar-refractivity contribution in [3.8, 4) is 5.75 Å². The lowest BCUT2D eigenvalue weighted by Crippen LogP contribution is -2.41. The Hall–Kier alpha value is -1.46. The quantitative estimate of drug-likeness (QED) is 0.680. The zero-order valence-electron chi connectivity index (χ0n) is 11.5. The maximum Gasteiger partial charge on any atom is 0.319 e. The molecule has 20 heavy (non-hydrogen) atoms. The number of ether oxygens (including phenoxy) is 2. The SMILES string of the molecule is COC(=O)CN1CCC(Oc2ccc(N)cc2Cl)CC1. The summed E-state index contributed by atoms with van der Waals surface area (Å²) in [4.78, 5) is 13.3. The first kappa shape index (κ1) is 14.9. The smallest absolute Gasteiger partial charge is 0.319 e. The molecule has 0 bridgehead atoms. The van der Waals surface area contributed by atoms with Crippen LogP contribution in [0.3, 0.4) is 0 Å². The second-order valence-electron chi connectivity index (χ2n) is 4.86. The first-order valence-corrected chi connectivity index (χ1v) is 6.97. The van der Waals surface area contributed by atoms with Crippen LogP contribution in [-0.4, -0.2) is 43.7 Å². The molecule has 0 unspecified atom stereocenters. The molecule has 110 valence electrons. The third-order valence-electron chi connectivity index (χ3n) is 3.36. The van der Waals surface area contributed by atoms with Gasteiger partial charge in [0.25, 0.3) is 0 Å². The lowest BCUT2D eigenvalue weighted by molar-refractivity contribution is -0.142. The highest BCUT2D eigenvalue weighted by atomic mass is 35.5. The molecule has 1 aliphatic heterocycles. The number of benzene rings is 1. The van der Waals surface area contributed by atoms with Crippen molar-refractivity contribution in [1.82, 2.24) is 4.90 Å². The van der Waals surface area contributed by atoms with Crippen LogP contribution in [0.5, 0.6) is 5.75 Å². The fraction of sp³-hybridized carbons (Fsp3) is 0.500. The molecule has 1 aliphatic rings. The Bertz CT molecular complexity index is 473. The number of carbonyl (C=O) groups excluding carboxylic acids is 1. The molecule has 0 aliphatic carbocycles. The van der Waals surface area contributed by atoms with Crippen LogP contribution in [0.4, 0.5) is 5.69 Å². The highest BCUT2D eigenvalue weighted by Gasteiger charge is 2.22. The number of piperidine rings is 1. The second-order valence-corrected chi connectivity index (χ2v) is 5.27. The molecule has 5 nitrogen and oxygen atoms in total. The van der Waals surface area contributed by atoms with E-state index in [1.807, 2.05) is 0 Å². The predicted octanol–water partition coefficient (Wildman–Crippen LogP) is 1.94. The Labute approximate surface area is 123 Å². The summed E-state index contributed by atoms with van der Waals surface area (Å²) in [6.07, 6.45) is 1.83. The summed E-state index contributed by atoms with van der Waals surface area (Å²) in [5.74, 6) is 0.457. The van der Waals surface area contributed by atoms with Gasteiger partial charge >= 0.3 is 5.97 Å². The highest BCUT2D eigenvalue weighted by Crippen LogP contribution is 2.29. The van der Waals surface area contributed by atoms with Crippen LogP contribution in [-0.2, 0) is 9.53 Å². The first-order chi connectivity index (χ1) is 9.58. The van der Waals surface area contributed by atoms with Gasteiger partial charge in [-0.15, -0.1) is 0 Å². The van der Waals surface area contributed by atoms with Gasteiger partial charge in [0.1, 0.15) is 11.9 Å². The van der Waals surface area contributed by atoms with Gasteiger partial charge in [0.15, 0.2) is 0 Å². The van der Waals surface area contributed by atoms with Gasteiger partial charge in [-0.3, -0.25) is 9.69 Å². The Morgan fingerprint density at radius 3 is 2.75 bits per heavy atom. The lowest BCUT2D eigenvalue weighted by Gasteiger charge is -2.31. The maximum absolute atomic E-state index is 11.2. The van der Waals surface area contributed by atoms with E-state index in [1.54, 1.807) is 18.2 Å². The van der Waals surface area contributed by atoms with Crippen LogP contribution in [0.1, 0.15) is 12.8 Å². The number of nitrogen functional groups attached to an aromatic ring is 1. The van der Waals surface area contributed by atoms with Crippen molar-refractivity contribution in [3.63, 3.8) is 0 Å². The van der Waals surface area contributed by atoms with Crippen molar-refractivity contribution in [2.24, 2.45) is 0 Å². The van der Waals surface area contributed by atoms with Crippen molar-refractivity contribution in [2.75, 3.05) is 32.5 Å². The van der Waals surface area contributed by atoms with Crippen molar-refractivity contribution in [3.05, 3.63) is 23.2 Å². The molecular weight excluding hydrogens is 280 g/mol. The molecule has 2 rings (SSSR count). The summed E-state index contributed by atoms with van der Waals surface area (Å²) in [6.45, 7) is 1.96. The minimum atomic E-state index is -0.203. The van der Waals surface area contributed by atoms with E-state index >= 15 is 0 Å². The van der Waals surface area contributed by atoms with Gasteiger partial charge in [0.2, 0.25) is 0 Å². The van der Waals surface area contributed by atoms with Crippen LogP contribution in [0.15, 0.2) is 18.2 Å². The number of hydrogen-bond donors (Lipinski definition) is 1. The summed E-state index contributed by atoms with van der Waals surface area (Å²) in [7, 11) is 1.40. The van der Waals surface area contributed by atoms with Gasteiger partial charge in [-0.1, -0.05) is 11.6 Å². The van der Waals surface area contributed by atoms with Crippen molar-refractivity contribution >= 4 is 23.3 Å². The van der Waals surface area contributed by atoms with Crippen molar-refractivity contribution < 1.29 is 14.3 Å². The molecule has 6 heteroatoms. The molecule has 0 amide bonds. The zero-order valence-corrected chi connectivity index (χ0v) is 12.2. The highest BCUT2D eigenvalue weighted by molar-refractivity contribution is 6.32. The third-order valence-corrected chi connectivity index (χ3v) is 3.66. The van der Waals surface area contributed by atoms with E-state index in [1.165, 1.54) is 7.11 Å². The minimum absolute atomic E-state index is 0.116. The van der Waals surface area contributed by atoms with Gasteiger partial charge in [-0.25, -0.2) is 0 Å². The average molecular weight is 299 g/mol. The molecule has 1 aromatic carbocycles. The van der Waals surface area contributed by atoms with Gasteiger partial charge in [0.05, 0.1) is 18.7 Å². The van der Waals surface area contributed by atoms with Crippen LogP contribution >= 0.6 is 11.6 Å². The summed E-state index contributed by atoms with van der Waals surface area (Å²) in [5.41, 5.74) is 6.27. The normalized spacial score (nSPS) is 16.9. The first-order valence-electron chi connectivity index (χ1n) is 6.59. The number of methoxy groups -OCH3 is 1. The average Bonchev–Trinajstić information content (AvgIpc) is 2.44. The number of likely N-dealkylation sites (tertiary alicyclic amines) is 1. The Morgan fingerprint density at radius 2 is 2.15 bits per heavy atom. The Morgan fingerprint density at radius 1 is 1.45 bits per heavy atom. The number of halogens is 1. The molecule has 2 N–H and O–H groups in total. The van der Waals surface area contributed by atoms with Crippen LogP contribution in [0.25, 0.3) is 0 Å². The summed E-state index contributed by atoms with van der Waals surface area (Å²) < 4.78 is 10.6. The van der Waals surface area contributed by atoms with Crippen LogP contribution in [0.2, 0.25) is 5.02 Å². The topological polar surface area (TPSA) is 64.8 Å². The molecule has 0 saturated carbocycles. The van der Waals surface area contributed by atoms with E-state index in [9.17, 15) is 4.79 Å². The minimum Gasteiger partial charge on any atom is -0.489 e. The Balaban J connectivity index is 1.83. The van der Waals surface area contributed by atoms with E-state index in [-0.39, 0.29) is 12.1 Å². The molecule has 0 aromatic heterocycles. The number of nitrogens with two attached hydrogens (primary N) is 1. The number of carbonyl (C=O) groups is 1. The van der Waals surface area contributed by atoms with Crippen molar-refractivity contribution in [2.45, 2.75) is 18.9 Å². The zero-order chi connectivity index (χ0) is 14.5. The van der Waals surface area contributed by atoms with Crippen LogP contribution in [0, 0.1) is 0 Å².